The van der Waals surface area contributed by atoms with Crippen LogP contribution >= 0.6 is 11.8 Å². The number of rotatable bonds is 4. The maximum absolute atomic E-state index is 12.7. The smallest absolute Gasteiger partial charge is 0.235 e. The fraction of sp³-hybridized carbons (Fsp3) is 0.500. The van der Waals surface area contributed by atoms with Crippen LogP contribution < -0.4 is 0 Å². The minimum atomic E-state index is -0.124. The van der Waals surface area contributed by atoms with Crippen LogP contribution in [-0.4, -0.2) is 38.7 Å². The van der Waals surface area contributed by atoms with Gasteiger partial charge in [-0.25, -0.2) is 4.98 Å². The van der Waals surface area contributed by atoms with Crippen LogP contribution in [0.3, 0.4) is 0 Å². The summed E-state index contributed by atoms with van der Waals surface area (Å²) in [6, 6.07) is 6.40. The summed E-state index contributed by atoms with van der Waals surface area (Å²) in [5.41, 5.74) is 3.63. The van der Waals surface area contributed by atoms with Gasteiger partial charge in [0.05, 0.1) is 5.25 Å². The molecule has 0 spiro atoms. The lowest BCUT2D eigenvalue weighted by molar-refractivity contribution is -0.131. The molecule has 25 heavy (non-hydrogen) atoms. The third-order valence-electron chi connectivity index (χ3n) is 5.10. The number of aryl methyl sites for hydroxylation is 2. The van der Waals surface area contributed by atoms with Gasteiger partial charge in [-0.05, 0) is 62.8 Å². The third kappa shape index (κ3) is 4.09. The minimum absolute atomic E-state index is 0.124. The summed E-state index contributed by atoms with van der Waals surface area (Å²) in [5.74, 6) is 0.960. The number of carbonyl (C=O) groups is 1. The molecule has 1 aromatic heterocycles. The Labute approximate surface area is 154 Å². The molecule has 134 valence electrons. The van der Waals surface area contributed by atoms with E-state index in [2.05, 4.69) is 48.5 Å². The van der Waals surface area contributed by atoms with E-state index in [-0.39, 0.29) is 11.2 Å². The van der Waals surface area contributed by atoms with Gasteiger partial charge < -0.3 is 4.90 Å². The van der Waals surface area contributed by atoms with Crippen molar-refractivity contribution < 1.29 is 4.79 Å². The Hall–Kier alpha value is -1.75. The molecule has 0 radical (unpaired) electrons. The average Bonchev–Trinajstić information content (AvgIpc) is 3.05. The lowest BCUT2D eigenvalue weighted by atomic mass is 9.99. The van der Waals surface area contributed by atoms with Crippen molar-refractivity contribution >= 4 is 17.7 Å². The molecule has 1 aliphatic rings. The monoisotopic (exact) mass is 357 g/mol. The van der Waals surface area contributed by atoms with Gasteiger partial charge in [-0.1, -0.05) is 24.8 Å². The number of imidazole rings is 1. The SMILES string of the molecule is Cc1ccc(-n2ccnc2S[C@H](C)C(=O)N2CCC(C)CC2)cc1C. The number of piperidine rings is 1. The number of likely N-dealkylation sites (tertiary alicyclic amines) is 1. The maximum atomic E-state index is 12.7. The standard InChI is InChI=1S/C20H27N3OS/c1-14-7-10-22(11-8-14)19(24)17(4)25-20-21-9-12-23(20)18-6-5-15(2)16(3)13-18/h5-6,9,12-14,17H,7-8,10-11H2,1-4H3/t17-/m1/s1. The molecule has 5 heteroatoms. The van der Waals surface area contributed by atoms with Crippen LogP contribution in [0.2, 0.25) is 0 Å². The largest absolute Gasteiger partial charge is 0.342 e. The highest BCUT2D eigenvalue weighted by Crippen LogP contribution is 2.27. The van der Waals surface area contributed by atoms with E-state index in [4.69, 9.17) is 0 Å². The highest BCUT2D eigenvalue weighted by Gasteiger charge is 2.26. The second-order valence-corrected chi connectivity index (χ2v) is 8.42. The zero-order chi connectivity index (χ0) is 18.0. The first-order valence-corrected chi connectivity index (χ1v) is 9.90. The van der Waals surface area contributed by atoms with Crippen LogP contribution in [0.25, 0.3) is 5.69 Å². The van der Waals surface area contributed by atoms with E-state index in [0.29, 0.717) is 0 Å². The summed E-state index contributed by atoms with van der Waals surface area (Å²) in [5, 5.41) is 0.746. The molecule has 1 aliphatic heterocycles. The van der Waals surface area contributed by atoms with Gasteiger partial charge in [0.2, 0.25) is 5.91 Å². The fourth-order valence-electron chi connectivity index (χ4n) is 3.14. The van der Waals surface area contributed by atoms with E-state index in [1.54, 1.807) is 18.0 Å². The number of aromatic nitrogens is 2. The fourth-order valence-corrected chi connectivity index (χ4v) is 4.11. The van der Waals surface area contributed by atoms with E-state index < -0.39 is 0 Å². The van der Waals surface area contributed by atoms with Crippen molar-refractivity contribution in [2.75, 3.05) is 13.1 Å². The van der Waals surface area contributed by atoms with Crippen LogP contribution in [0.5, 0.6) is 0 Å². The van der Waals surface area contributed by atoms with Crippen molar-refractivity contribution in [3.05, 3.63) is 41.7 Å². The topological polar surface area (TPSA) is 38.1 Å². The van der Waals surface area contributed by atoms with Gasteiger partial charge in [0.1, 0.15) is 0 Å². The van der Waals surface area contributed by atoms with Crippen LogP contribution in [0, 0.1) is 19.8 Å². The first-order valence-electron chi connectivity index (χ1n) is 9.02. The summed E-state index contributed by atoms with van der Waals surface area (Å²) in [4.78, 5) is 19.2. The Morgan fingerprint density at radius 2 is 1.96 bits per heavy atom. The molecule has 1 saturated heterocycles. The van der Waals surface area contributed by atoms with E-state index in [9.17, 15) is 4.79 Å². The second-order valence-electron chi connectivity index (χ2n) is 7.12. The first-order chi connectivity index (χ1) is 12.0. The van der Waals surface area contributed by atoms with Gasteiger partial charge in [-0.15, -0.1) is 0 Å². The number of amides is 1. The van der Waals surface area contributed by atoms with Crippen LogP contribution in [0.1, 0.15) is 37.8 Å². The molecule has 1 amide bonds. The zero-order valence-electron chi connectivity index (χ0n) is 15.5. The molecule has 0 N–H and O–H groups in total. The molecule has 0 saturated carbocycles. The predicted molar refractivity (Wildman–Crippen MR) is 103 cm³/mol. The van der Waals surface area contributed by atoms with Gasteiger partial charge in [0.25, 0.3) is 0 Å². The van der Waals surface area contributed by atoms with Crippen molar-refractivity contribution in [3.8, 4) is 5.69 Å². The van der Waals surface area contributed by atoms with Crippen molar-refractivity contribution in [1.82, 2.24) is 14.5 Å². The molecule has 1 atom stereocenters. The van der Waals surface area contributed by atoms with E-state index >= 15 is 0 Å². The van der Waals surface area contributed by atoms with Crippen molar-refractivity contribution in [1.29, 1.82) is 0 Å². The Balaban J connectivity index is 1.72. The Morgan fingerprint density at radius 3 is 2.64 bits per heavy atom. The highest BCUT2D eigenvalue weighted by molar-refractivity contribution is 8.00. The summed E-state index contributed by atoms with van der Waals surface area (Å²) >= 11 is 1.54. The predicted octanol–water partition coefficient (Wildman–Crippen LogP) is 4.23. The average molecular weight is 358 g/mol. The Kier molecular flexibility index (Phi) is 5.52. The van der Waals surface area contributed by atoms with Gasteiger partial charge >= 0.3 is 0 Å². The third-order valence-corrected chi connectivity index (χ3v) is 6.17. The summed E-state index contributed by atoms with van der Waals surface area (Å²) in [6.07, 6.45) is 5.99. The van der Waals surface area contributed by atoms with Gasteiger partial charge in [0.15, 0.2) is 5.16 Å². The molecular formula is C20H27N3OS. The molecule has 2 aromatic rings. The molecule has 0 bridgehead atoms. The Bertz CT molecular complexity index is 747. The number of thioether (sulfide) groups is 1. The lowest BCUT2D eigenvalue weighted by Crippen LogP contribution is -2.41. The van der Waals surface area contributed by atoms with Gasteiger partial charge in [-0.2, -0.15) is 0 Å². The molecular weight excluding hydrogens is 330 g/mol. The molecule has 0 aliphatic carbocycles. The van der Waals surface area contributed by atoms with Crippen LogP contribution in [0.15, 0.2) is 35.7 Å². The van der Waals surface area contributed by atoms with E-state index in [0.717, 1.165) is 42.7 Å². The van der Waals surface area contributed by atoms with E-state index in [1.165, 1.54) is 11.1 Å². The lowest BCUT2D eigenvalue weighted by Gasteiger charge is -2.32. The number of benzene rings is 1. The molecule has 1 fully saturated rings. The first kappa shape index (κ1) is 18.1. The normalized spacial score (nSPS) is 16.9. The minimum Gasteiger partial charge on any atom is -0.342 e. The molecule has 4 nitrogen and oxygen atoms in total. The molecule has 2 heterocycles. The number of hydrogen-bond donors (Lipinski definition) is 0. The highest BCUT2D eigenvalue weighted by atomic mass is 32.2. The molecule has 0 unspecified atom stereocenters. The summed E-state index contributed by atoms with van der Waals surface area (Å²) in [6.45, 7) is 10.3. The number of nitrogens with zero attached hydrogens (tertiary/aromatic N) is 3. The number of hydrogen-bond acceptors (Lipinski definition) is 3. The molecule has 1 aromatic carbocycles. The van der Waals surface area contributed by atoms with Crippen LogP contribution in [-0.2, 0) is 4.79 Å². The zero-order valence-corrected chi connectivity index (χ0v) is 16.3. The van der Waals surface area contributed by atoms with E-state index in [1.807, 2.05) is 18.0 Å². The van der Waals surface area contributed by atoms with Crippen molar-refractivity contribution in [2.24, 2.45) is 5.92 Å². The van der Waals surface area contributed by atoms with Crippen molar-refractivity contribution in [2.45, 2.75) is 50.9 Å². The van der Waals surface area contributed by atoms with Crippen molar-refractivity contribution in [3.63, 3.8) is 0 Å². The number of carbonyl (C=O) groups excluding carboxylic acids is 1. The molecule has 3 rings (SSSR count). The Morgan fingerprint density at radius 1 is 1.24 bits per heavy atom. The second kappa shape index (κ2) is 7.65. The summed E-state index contributed by atoms with van der Waals surface area (Å²) < 4.78 is 2.07. The van der Waals surface area contributed by atoms with Gasteiger partial charge in [-0.3, -0.25) is 9.36 Å². The quantitative estimate of drug-likeness (QED) is 0.769. The van der Waals surface area contributed by atoms with Crippen LogP contribution in [0.4, 0.5) is 0 Å². The summed E-state index contributed by atoms with van der Waals surface area (Å²) in [7, 11) is 0. The maximum Gasteiger partial charge on any atom is 0.235 e. The van der Waals surface area contributed by atoms with Gasteiger partial charge in [0, 0.05) is 31.2 Å².